The van der Waals surface area contributed by atoms with E-state index < -0.39 is 5.91 Å². The molecule has 20 heavy (non-hydrogen) atoms. The highest BCUT2D eigenvalue weighted by molar-refractivity contribution is 9.13. The standard InChI is InChI=1S/C11H11Br2N5O2/c12-5-4-7(16-8(5)13)9(19)15-3-1-2-6-10(20)18-11(14)17-6/h2,4,16H,1,3H2,(H,15,19)(H3,14,17,18,20)/b6-2-. The highest BCUT2D eigenvalue weighted by atomic mass is 79.9. The van der Waals surface area contributed by atoms with E-state index in [1.807, 2.05) is 0 Å². The minimum atomic E-state index is -0.397. The van der Waals surface area contributed by atoms with Gasteiger partial charge in [-0.05, 0) is 44.3 Å². The maximum Gasteiger partial charge on any atom is 0.296 e. The monoisotopic (exact) mass is 403 g/mol. The lowest BCUT2D eigenvalue weighted by Gasteiger charge is -2.02. The zero-order valence-corrected chi connectivity index (χ0v) is 13.3. The quantitative estimate of drug-likeness (QED) is 0.442. The van der Waals surface area contributed by atoms with E-state index in [4.69, 9.17) is 5.73 Å². The van der Waals surface area contributed by atoms with Gasteiger partial charge >= 0.3 is 0 Å². The number of carbonyl (C=O) groups is 2. The molecule has 2 rings (SSSR count). The van der Waals surface area contributed by atoms with E-state index in [9.17, 15) is 9.59 Å². The van der Waals surface area contributed by atoms with Crippen molar-refractivity contribution in [2.45, 2.75) is 6.42 Å². The number of nitrogens with two attached hydrogens (primary N) is 1. The second-order valence-electron chi connectivity index (χ2n) is 3.93. The van der Waals surface area contributed by atoms with Crippen LogP contribution < -0.4 is 16.4 Å². The number of halogens is 2. The van der Waals surface area contributed by atoms with Crippen molar-refractivity contribution < 1.29 is 9.59 Å². The Hall–Kier alpha value is -1.61. The van der Waals surface area contributed by atoms with Gasteiger partial charge in [0.1, 0.15) is 11.4 Å². The van der Waals surface area contributed by atoms with Crippen LogP contribution in [0.3, 0.4) is 0 Å². The van der Waals surface area contributed by atoms with Crippen LogP contribution in [0.5, 0.6) is 0 Å². The molecule has 1 aliphatic rings. The number of carbonyl (C=O) groups excluding carboxylic acids is 2. The fraction of sp³-hybridized carbons (Fsp3) is 0.182. The molecule has 1 aliphatic heterocycles. The van der Waals surface area contributed by atoms with Crippen LogP contribution in [-0.4, -0.2) is 29.3 Å². The van der Waals surface area contributed by atoms with Crippen LogP contribution >= 0.6 is 31.9 Å². The summed E-state index contributed by atoms with van der Waals surface area (Å²) < 4.78 is 1.48. The van der Waals surface area contributed by atoms with E-state index >= 15 is 0 Å². The molecule has 0 radical (unpaired) electrons. The lowest BCUT2D eigenvalue weighted by Crippen LogP contribution is -2.27. The zero-order chi connectivity index (χ0) is 14.7. The summed E-state index contributed by atoms with van der Waals surface area (Å²) in [4.78, 5) is 29.5. The van der Waals surface area contributed by atoms with Crippen LogP contribution in [0.2, 0.25) is 0 Å². The van der Waals surface area contributed by atoms with Gasteiger partial charge in [-0.25, -0.2) is 0 Å². The molecule has 0 spiro atoms. The molecule has 7 nitrogen and oxygen atoms in total. The van der Waals surface area contributed by atoms with Crippen molar-refractivity contribution in [3.63, 3.8) is 0 Å². The van der Waals surface area contributed by atoms with Gasteiger partial charge in [0, 0.05) is 6.54 Å². The fourth-order valence-electron chi connectivity index (χ4n) is 1.55. The Labute approximate surface area is 131 Å². The van der Waals surface area contributed by atoms with Crippen molar-refractivity contribution >= 4 is 49.6 Å². The summed E-state index contributed by atoms with van der Waals surface area (Å²) in [6.07, 6.45) is 2.14. The highest BCUT2D eigenvalue weighted by Gasteiger charge is 2.16. The average Bonchev–Trinajstić information content (AvgIpc) is 2.88. The maximum atomic E-state index is 11.8. The van der Waals surface area contributed by atoms with Crippen LogP contribution in [0, 0.1) is 0 Å². The van der Waals surface area contributed by atoms with E-state index in [0.29, 0.717) is 29.0 Å². The maximum absolute atomic E-state index is 11.8. The molecule has 0 unspecified atom stereocenters. The Bertz CT molecular complexity index is 601. The van der Waals surface area contributed by atoms with E-state index in [2.05, 4.69) is 52.5 Å². The lowest BCUT2D eigenvalue weighted by atomic mass is 10.3. The molecular weight excluding hydrogens is 394 g/mol. The first-order valence-corrected chi connectivity index (χ1v) is 7.24. The Morgan fingerprint density at radius 1 is 1.50 bits per heavy atom. The van der Waals surface area contributed by atoms with Gasteiger partial charge in [-0.2, -0.15) is 4.99 Å². The van der Waals surface area contributed by atoms with E-state index in [1.165, 1.54) is 0 Å². The molecule has 2 amide bonds. The van der Waals surface area contributed by atoms with Gasteiger partial charge < -0.3 is 21.4 Å². The minimum Gasteiger partial charge on any atom is -0.369 e. The average molecular weight is 405 g/mol. The van der Waals surface area contributed by atoms with Gasteiger partial charge in [-0.3, -0.25) is 9.59 Å². The highest BCUT2D eigenvalue weighted by Crippen LogP contribution is 2.22. The van der Waals surface area contributed by atoms with Gasteiger partial charge in [0.2, 0.25) is 5.96 Å². The summed E-state index contributed by atoms with van der Waals surface area (Å²) in [5.41, 5.74) is 6.13. The van der Waals surface area contributed by atoms with Gasteiger partial charge in [0.25, 0.3) is 11.8 Å². The van der Waals surface area contributed by atoms with E-state index in [1.54, 1.807) is 12.1 Å². The minimum absolute atomic E-state index is 0.0892. The molecule has 0 fully saturated rings. The third kappa shape index (κ3) is 3.48. The van der Waals surface area contributed by atoms with Crippen molar-refractivity contribution in [3.8, 4) is 0 Å². The summed E-state index contributed by atoms with van der Waals surface area (Å²) in [5.74, 6) is -0.534. The molecule has 0 saturated carbocycles. The Morgan fingerprint density at radius 2 is 2.25 bits per heavy atom. The Morgan fingerprint density at radius 3 is 2.80 bits per heavy atom. The van der Waals surface area contributed by atoms with Crippen molar-refractivity contribution in [3.05, 3.63) is 32.6 Å². The smallest absolute Gasteiger partial charge is 0.296 e. The van der Waals surface area contributed by atoms with Crippen LogP contribution in [0.4, 0.5) is 0 Å². The van der Waals surface area contributed by atoms with Crippen LogP contribution in [0.15, 0.2) is 31.9 Å². The molecule has 5 N–H and O–H groups in total. The molecule has 0 aromatic carbocycles. The van der Waals surface area contributed by atoms with Crippen LogP contribution in [-0.2, 0) is 4.79 Å². The normalized spacial score (nSPS) is 16.2. The lowest BCUT2D eigenvalue weighted by molar-refractivity contribution is -0.114. The van der Waals surface area contributed by atoms with Gasteiger partial charge in [0.05, 0.1) is 9.08 Å². The van der Waals surface area contributed by atoms with Crippen molar-refractivity contribution in [2.24, 2.45) is 10.7 Å². The summed E-state index contributed by atoms with van der Waals surface area (Å²) in [7, 11) is 0. The van der Waals surface area contributed by atoms with Gasteiger partial charge in [-0.15, -0.1) is 0 Å². The first kappa shape index (κ1) is 14.8. The molecule has 0 bridgehead atoms. The predicted octanol–water partition coefficient (Wildman–Crippen LogP) is 0.988. The number of aliphatic imine (C=N–C) groups is 1. The number of nitrogens with zero attached hydrogens (tertiary/aromatic N) is 1. The number of hydrogen-bond acceptors (Lipinski definition) is 4. The summed E-state index contributed by atoms with van der Waals surface area (Å²) in [5, 5.41) is 5.37. The first-order chi connectivity index (χ1) is 9.47. The third-order valence-corrected chi connectivity index (χ3v) is 4.25. The number of aromatic amines is 1. The van der Waals surface area contributed by atoms with Crippen molar-refractivity contribution in [1.82, 2.24) is 15.6 Å². The Balaban J connectivity index is 1.81. The van der Waals surface area contributed by atoms with Crippen molar-refractivity contribution in [1.29, 1.82) is 0 Å². The van der Waals surface area contributed by atoms with Gasteiger partial charge in [0.15, 0.2) is 0 Å². The molecule has 1 aromatic heterocycles. The predicted molar refractivity (Wildman–Crippen MR) is 81.0 cm³/mol. The molecule has 2 heterocycles. The second kappa shape index (κ2) is 6.23. The second-order valence-corrected chi connectivity index (χ2v) is 5.58. The molecule has 0 atom stereocenters. The van der Waals surface area contributed by atoms with E-state index in [0.717, 1.165) is 4.47 Å². The molecular formula is C11H11Br2N5O2. The zero-order valence-electron chi connectivity index (χ0n) is 10.2. The number of rotatable bonds is 4. The number of H-pyrrole nitrogens is 1. The molecule has 9 heteroatoms. The van der Waals surface area contributed by atoms with E-state index in [-0.39, 0.29) is 11.9 Å². The Kier molecular flexibility index (Phi) is 4.61. The summed E-state index contributed by atoms with van der Waals surface area (Å²) in [6, 6.07) is 1.68. The van der Waals surface area contributed by atoms with Crippen LogP contribution in [0.1, 0.15) is 16.9 Å². The number of guanidine groups is 1. The van der Waals surface area contributed by atoms with Crippen LogP contribution in [0.25, 0.3) is 0 Å². The third-order valence-electron chi connectivity index (χ3n) is 2.46. The largest absolute Gasteiger partial charge is 0.369 e. The number of nitrogens with one attached hydrogen (secondary N) is 3. The van der Waals surface area contributed by atoms with Gasteiger partial charge in [-0.1, -0.05) is 6.08 Å². The fourth-order valence-corrected chi connectivity index (χ4v) is 2.21. The van der Waals surface area contributed by atoms with Crippen molar-refractivity contribution in [2.75, 3.05) is 6.54 Å². The number of hydrogen-bond donors (Lipinski definition) is 4. The molecule has 0 aliphatic carbocycles. The molecule has 106 valence electrons. The number of aromatic nitrogens is 1. The summed E-state index contributed by atoms with van der Waals surface area (Å²) in [6.45, 7) is 0.394. The summed E-state index contributed by atoms with van der Waals surface area (Å²) >= 11 is 6.55. The molecule has 0 saturated heterocycles. The topological polar surface area (TPSA) is 112 Å². The SMILES string of the molecule is NC1=NC(=O)/C(=C/CCNC(=O)c2cc(Br)c(Br)[nH]2)N1. The number of amides is 2. The molecule has 1 aromatic rings. The first-order valence-electron chi connectivity index (χ1n) is 5.65.